The molecule has 0 aliphatic heterocycles. The maximum atomic E-state index is 10.8. The molecule has 5 nitrogen and oxygen atoms in total. The van der Waals surface area contributed by atoms with Crippen molar-refractivity contribution in [3.05, 3.63) is 23.8 Å². The summed E-state index contributed by atoms with van der Waals surface area (Å²) in [5.74, 6) is 0. The second-order valence-corrected chi connectivity index (χ2v) is 5.01. The standard InChI is InChI=1S/C7H8O5S2.Y/c1-5-4-6(13(8)9)2-3-7(5)14(10,11)12;/h2-4H,1H3,(H,8,9)(H,10,11,12);. The Labute approximate surface area is 115 Å². The van der Waals surface area contributed by atoms with Crippen molar-refractivity contribution in [2.45, 2.75) is 16.7 Å². The Bertz CT molecular complexity index is 482. The predicted octanol–water partition coefficient (Wildman–Crippen LogP) is 0.820. The summed E-state index contributed by atoms with van der Waals surface area (Å²) in [6.07, 6.45) is 0. The number of rotatable bonds is 2. The number of benzene rings is 1. The van der Waals surface area contributed by atoms with Gasteiger partial charge in [0.15, 0.2) is 11.1 Å². The smallest absolute Gasteiger partial charge is 0.294 e. The molecular formula is C7H8O5S2Y. The van der Waals surface area contributed by atoms with Crippen LogP contribution in [-0.4, -0.2) is 21.7 Å². The summed E-state index contributed by atoms with van der Waals surface area (Å²) in [6.45, 7) is 1.43. The normalized spacial score (nSPS) is 13.0. The Hall–Kier alpha value is 0.344. The van der Waals surface area contributed by atoms with Gasteiger partial charge in [0.25, 0.3) is 10.1 Å². The van der Waals surface area contributed by atoms with E-state index in [1.165, 1.54) is 19.1 Å². The van der Waals surface area contributed by atoms with Gasteiger partial charge >= 0.3 is 0 Å². The first-order chi connectivity index (χ1) is 6.32. The van der Waals surface area contributed by atoms with Crippen molar-refractivity contribution >= 4 is 21.2 Å². The van der Waals surface area contributed by atoms with Gasteiger partial charge in [0.1, 0.15) is 0 Å². The van der Waals surface area contributed by atoms with Crippen molar-refractivity contribution in [2.24, 2.45) is 0 Å². The average molecular weight is 325 g/mol. The van der Waals surface area contributed by atoms with E-state index >= 15 is 0 Å². The molecule has 81 valence electrons. The molecule has 0 aliphatic carbocycles. The second-order valence-electron chi connectivity index (χ2n) is 2.65. The molecule has 1 radical (unpaired) electrons. The van der Waals surface area contributed by atoms with Crippen LogP contribution in [0.5, 0.6) is 0 Å². The topological polar surface area (TPSA) is 91.7 Å². The van der Waals surface area contributed by atoms with Gasteiger partial charge in [-0.1, -0.05) is 0 Å². The van der Waals surface area contributed by atoms with Crippen LogP contribution < -0.4 is 0 Å². The van der Waals surface area contributed by atoms with Gasteiger partial charge in [0, 0.05) is 32.7 Å². The number of hydrogen-bond acceptors (Lipinski definition) is 3. The molecule has 0 spiro atoms. The predicted molar refractivity (Wildman–Crippen MR) is 50.0 cm³/mol. The molecule has 0 fully saturated rings. The van der Waals surface area contributed by atoms with E-state index in [1.807, 2.05) is 0 Å². The maximum Gasteiger partial charge on any atom is 0.294 e. The van der Waals surface area contributed by atoms with E-state index in [1.54, 1.807) is 0 Å². The molecule has 0 amide bonds. The van der Waals surface area contributed by atoms with Crippen LogP contribution in [0, 0.1) is 6.92 Å². The van der Waals surface area contributed by atoms with Gasteiger partial charge in [-0.25, -0.2) is 4.21 Å². The fourth-order valence-electron chi connectivity index (χ4n) is 1.02. The zero-order chi connectivity index (χ0) is 10.9. The fraction of sp³-hybridized carbons (Fsp3) is 0.143. The molecule has 0 aromatic heterocycles. The first kappa shape index (κ1) is 15.3. The van der Waals surface area contributed by atoms with Gasteiger partial charge in [-0.05, 0) is 30.7 Å². The van der Waals surface area contributed by atoms with Crippen LogP contribution in [-0.2, 0) is 53.9 Å². The van der Waals surface area contributed by atoms with Crippen molar-refractivity contribution < 1.29 is 54.4 Å². The first-order valence-corrected chi connectivity index (χ1v) is 6.06. The van der Waals surface area contributed by atoms with E-state index < -0.39 is 21.2 Å². The van der Waals surface area contributed by atoms with E-state index in [0.29, 0.717) is 0 Å². The monoisotopic (exact) mass is 325 g/mol. The Kier molecular flexibility index (Phi) is 5.73. The molecule has 0 saturated carbocycles. The van der Waals surface area contributed by atoms with Crippen LogP contribution in [0.2, 0.25) is 0 Å². The molecule has 1 unspecified atom stereocenters. The van der Waals surface area contributed by atoms with Gasteiger partial charge in [-0.2, -0.15) is 8.42 Å². The van der Waals surface area contributed by atoms with Crippen LogP contribution in [0.1, 0.15) is 5.56 Å². The Balaban J connectivity index is 0.00000196. The van der Waals surface area contributed by atoms with Gasteiger partial charge in [0.05, 0.1) is 9.79 Å². The van der Waals surface area contributed by atoms with E-state index in [9.17, 15) is 12.6 Å². The summed E-state index contributed by atoms with van der Waals surface area (Å²) in [7, 11) is -4.26. The minimum Gasteiger partial charge on any atom is -0.302 e. The van der Waals surface area contributed by atoms with Crippen LogP contribution in [0.15, 0.2) is 28.0 Å². The third-order valence-electron chi connectivity index (χ3n) is 1.63. The zero-order valence-corrected chi connectivity index (χ0v) is 12.2. The summed E-state index contributed by atoms with van der Waals surface area (Å²) in [5.41, 5.74) is 0.229. The van der Waals surface area contributed by atoms with Crippen molar-refractivity contribution in [3.63, 3.8) is 0 Å². The quantitative estimate of drug-likeness (QED) is 0.620. The summed E-state index contributed by atoms with van der Waals surface area (Å²) in [6, 6.07) is 3.50. The molecule has 0 saturated heterocycles. The molecule has 2 N–H and O–H groups in total. The number of hydrogen-bond donors (Lipinski definition) is 2. The van der Waals surface area contributed by atoms with Crippen molar-refractivity contribution in [1.29, 1.82) is 0 Å². The maximum absolute atomic E-state index is 10.8. The first-order valence-electron chi connectivity index (χ1n) is 3.51. The average Bonchev–Trinajstić information content (AvgIpc) is 2.01. The third kappa shape index (κ3) is 4.01. The Morgan fingerprint density at radius 3 is 2.20 bits per heavy atom. The molecule has 0 bridgehead atoms. The van der Waals surface area contributed by atoms with Crippen molar-refractivity contribution in [1.82, 2.24) is 0 Å². The van der Waals surface area contributed by atoms with Gasteiger partial charge < -0.3 is 4.55 Å². The van der Waals surface area contributed by atoms with Crippen LogP contribution in [0.25, 0.3) is 0 Å². The Morgan fingerprint density at radius 1 is 1.33 bits per heavy atom. The molecule has 1 atom stereocenters. The van der Waals surface area contributed by atoms with Crippen LogP contribution >= 0.6 is 0 Å². The molecule has 0 aliphatic rings. The molecule has 8 heteroatoms. The van der Waals surface area contributed by atoms with Crippen molar-refractivity contribution in [3.8, 4) is 0 Å². The van der Waals surface area contributed by atoms with E-state index in [2.05, 4.69) is 0 Å². The van der Waals surface area contributed by atoms with E-state index in [0.717, 1.165) is 6.07 Å². The summed E-state index contributed by atoms with van der Waals surface area (Å²) < 4.78 is 49.6. The molecule has 1 rings (SSSR count). The van der Waals surface area contributed by atoms with Crippen LogP contribution in [0.4, 0.5) is 0 Å². The van der Waals surface area contributed by atoms with E-state index in [-0.39, 0.29) is 48.1 Å². The summed E-state index contributed by atoms with van der Waals surface area (Å²) >= 11 is -2.15. The largest absolute Gasteiger partial charge is 0.302 e. The molecule has 1 aromatic carbocycles. The minimum absolute atomic E-state index is 0. The summed E-state index contributed by atoms with van der Waals surface area (Å²) in [4.78, 5) is -0.165. The third-order valence-corrected chi connectivity index (χ3v) is 3.30. The minimum atomic E-state index is -4.26. The van der Waals surface area contributed by atoms with Crippen LogP contribution in [0.3, 0.4) is 0 Å². The zero-order valence-electron chi connectivity index (χ0n) is 7.75. The van der Waals surface area contributed by atoms with Gasteiger partial charge in [0.2, 0.25) is 0 Å². The Morgan fingerprint density at radius 2 is 1.87 bits per heavy atom. The second kappa shape index (κ2) is 5.61. The van der Waals surface area contributed by atoms with E-state index in [4.69, 9.17) is 9.11 Å². The molecule has 15 heavy (non-hydrogen) atoms. The number of aryl methyl sites for hydroxylation is 1. The SMILES string of the molecule is Cc1cc(S(=O)O)ccc1S(=O)(=O)O.[Y]. The molecule has 1 aromatic rings. The van der Waals surface area contributed by atoms with Gasteiger partial charge in [-0.15, -0.1) is 0 Å². The molecular weight excluding hydrogens is 317 g/mol. The fourth-order valence-corrected chi connectivity index (χ4v) is 2.19. The van der Waals surface area contributed by atoms with Gasteiger partial charge in [-0.3, -0.25) is 4.55 Å². The van der Waals surface area contributed by atoms with Crippen molar-refractivity contribution in [2.75, 3.05) is 0 Å². The summed E-state index contributed by atoms with van der Waals surface area (Å²) in [5, 5.41) is 0. The molecule has 0 heterocycles.